The van der Waals surface area contributed by atoms with Gasteiger partial charge in [-0.15, -0.1) is 0 Å². The quantitative estimate of drug-likeness (QED) is 0.134. The van der Waals surface area contributed by atoms with E-state index >= 15 is 0 Å². The van der Waals surface area contributed by atoms with Gasteiger partial charge in [-0.2, -0.15) is 0 Å². The van der Waals surface area contributed by atoms with Crippen LogP contribution >= 0.6 is 0 Å². The number of Topliss-reactive ketones (excluding diaryl/α,β-unsaturated/α-hetero) is 1. The molecule has 1 N–H and O–H groups in total. The van der Waals surface area contributed by atoms with E-state index in [9.17, 15) is 24.3 Å². The van der Waals surface area contributed by atoms with Crippen LogP contribution in [-0.4, -0.2) is 42.7 Å². The lowest BCUT2D eigenvalue weighted by molar-refractivity contribution is -0.123. The lowest BCUT2D eigenvalue weighted by Gasteiger charge is -2.42. The molecule has 0 unspecified atom stereocenters. The Morgan fingerprint density at radius 3 is 2.22 bits per heavy atom. The summed E-state index contributed by atoms with van der Waals surface area (Å²) in [6, 6.07) is 16.5. The lowest BCUT2D eigenvalue weighted by atomic mass is 9.59. The molecule has 2 amide bonds. The van der Waals surface area contributed by atoms with Crippen molar-refractivity contribution in [3.8, 4) is 17.2 Å². The van der Waals surface area contributed by atoms with E-state index < -0.39 is 23.7 Å². The maximum Gasteiger partial charge on any atom is 0.238 e. The molecule has 1 saturated heterocycles. The molecule has 248 valence electrons. The molecule has 0 radical (unpaired) electrons. The first-order chi connectivity index (χ1) is 23.5. The number of carbonyl (C=O) groups is 4. The van der Waals surface area contributed by atoms with Crippen molar-refractivity contribution in [1.82, 2.24) is 0 Å². The number of ketones is 2. The number of benzene rings is 3. The zero-order valence-electron chi connectivity index (χ0n) is 28.1. The van der Waals surface area contributed by atoms with Gasteiger partial charge in [0, 0.05) is 28.2 Å². The first-order valence-electron chi connectivity index (χ1n) is 16.4. The molecule has 3 aromatic rings. The van der Waals surface area contributed by atoms with Crippen molar-refractivity contribution in [2.24, 2.45) is 17.8 Å². The Labute approximate surface area is 285 Å². The first-order valence-corrected chi connectivity index (χ1v) is 16.4. The summed E-state index contributed by atoms with van der Waals surface area (Å²) >= 11 is 0. The fraction of sp³-hybridized carbons (Fsp3) is 0.268. The van der Waals surface area contributed by atoms with Gasteiger partial charge >= 0.3 is 0 Å². The Morgan fingerprint density at radius 1 is 0.837 bits per heavy atom. The Hall–Kier alpha value is -5.50. The van der Waals surface area contributed by atoms with Gasteiger partial charge in [-0.05, 0) is 98.2 Å². The number of phenolic OH excluding ortho intramolecular Hbond substituents is 1. The van der Waals surface area contributed by atoms with E-state index in [0.29, 0.717) is 51.5 Å². The lowest BCUT2D eigenvalue weighted by Crippen LogP contribution is -2.39. The number of anilines is 1. The van der Waals surface area contributed by atoms with Crippen molar-refractivity contribution in [2.75, 3.05) is 19.1 Å². The van der Waals surface area contributed by atoms with Crippen molar-refractivity contribution in [1.29, 1.82) is 0 Å². The summed E-state index contributed by atoms with van der Waals surface area (Å²) in [5.41, 5.74) is 6.43. The van der Waals surface area contributed by atoms with Crippen LogP contribution in [0.3, 0.4) is 0 Å². The molecular weight excluding hydrogens is 618 g/mol. The van der Waals surface area contributed by atoms with Crippen LogP contribution in [0.5, 0.6) is 17.2 Å². The number of imide groups is 1. The minimum Gasteiger partial charge on any atom is -0.507 e. The summed E-state index contributed by atoms with van der Waals surface area (Å²) in [7, 11) is 3.21. The number of allylic oxidation sites excluding steroid dienone is 6. The fourth-order valence-corrected chi connectivity index (χ4v) is 8.04. The summed E-state index contributed by atoms with van der Waals surface area (Å²) in [5, 5.41) is 10.5. The molecule has 3 aliphatic carbocycles. The molecule has 8 nitrogen and oxygen atoms in total. The molecule has 49 heavy (non-hydrogen) atoms. The molecule has 0 aromatic heterocycles. The molecule has 1 heterocycles. The predicted octanol–water partition coefficient (Wildman–Crippen LogP) is 6.83. The van der Waals surface area contributed by atoms with Crippen LogP contribution < -0.4 is 14.4 Å². The molecule has 7 rings (SSSR count). The van der Waals surface area contributed by atoms with Crippen LogP contribution in [-0.2, 0) is 19.2 Å². The molecule has 1 fully saturated rings. The number of amides is 2. The van der Waals surface area contributed by atoms with Gasteiger partial charge in [0.15, 0.2) is 11.6 Å². The topological polar surface area (TPSA) is 110 Å². The SMILES string of the molecule is COc1ccc(OC)c(C=Cc2ccc(N3C(=O)[C@H]4[C@H](CC=C5[C@H](c6cc(C)c(O)c(C)c6)C6=C(C[C@H]54)C(=O)C=C(C)C6=O)C3=O)cc2)c1. The summed E-state index contributed by atoms with van der Waals surface area (Å²) in [5.74, 6) is -1.60. The van der Waals surface area contributed by atoms with E-state index in [2.05, 4.69) is 0 Å². The number of aromatic hydroxyl groups is 1. The third-order valence-corrected chi connectivity index (χ3v) is 10.5. The van der Waals surface area contributed by atoms with Gasteiger partial charge in [-0.1, -0.05) is 48.1 Å². The number of aryl methyl sites for hydroxylation is 2. The van der Waals surface area contributed by atoms with Gasteiger partial charge in [0.25, 0.3) is 0 Å². The predicted molar refractivity (Wildman–Crippen MR) is 186 cm³/mol. The molecular formula is C41H37NO7. The number of methoxy groups -OCH3 is 2. The minimum absolute atomic E-state index is 0.180. The normalized spacial score (nSPS) is 23.3. The van der Waals surface area contributed by atoms with Crippen molar-refractivity contribution in [3.05, 3.63) is 117 Å². The second-order valence-corrected chi connectivity index (χ2v) is 13.3. The second-order valence-electron chi connectivity index (χ2n) is 13.3. The molecule has 0 saturated carbocycles. The number of rotatable bonds is 6. The van der Waals surface area contributed by atoms with Crippen LogP contribution in [0.15, 0.2) is 89.0 Å². The van der Waals surface area contributed by atoms with E-state index in [4.69, 9.17) is 9.47 Å². The number of nitrogens with zero attached hydrogens (tertiary/aromatic N) is 1. The van der Waals surface area contributed by atoms with Crippen molar-refractivity contribution in [3.63, 3.8) is 0 Å². The Bertz CT molecular complexity index is 2060. The summed E-state index contributed by atoms with van der Waals surface area (Å²) in [6.07, 6.45) is 7.80. The van der Waals surface area contributed by atoms with Gasteiger partial charge in [0.05, 0.1) is 31.7 Å². The Kier molecular flexibility index (Phi) is 7.98. The van der Waals surface area contributed by atoms with E-state index in [1.807, 2.05) is 60.7 Å². The number of hydrogen-bond donors (Lipinski definition) is 1. The average Bonchev–Trinajstić information content (AvgIpc) is 3.36. The monoisotopic (exact) mass is 655 g/mol. The summed E-state index contributed by atoms with van der Waals surface area (Å²) < 4.78 is 10.8. The third kappa shape index (κ3) is 5.23. The molecule has 4 atom stereocenters. The van der Waals surface area contributed by atoms with Gasteiger partial charge in [-0.25, -0.2) is 0 Å². The number of ether oxygens (including phenoxy) is 2. The molecule has 1 aliphatic heterocycles. The highest BCUT2D eigenvalue weighted by Gasteiger charge is 2.56. The van der Waals surface area contributed by atoms with Crippen molar-refractivity contribution in [2.45, 2.75) is 39.5 Å². The van der Waals surface area contributed by atoms with Crippen LogP contribution in [0.1, 0.15) is 53.5 Å². The van der Waals surface area contributed by atoms with Gasteiger partial charge in [0.1, 0.15) is 17.2 Å². The summed E-state index contributed by atoms with van der Waals surface area (Å²) in [4.78, 5) is 56.7. The highest BCUT2D eigenvalue weighted by atomic mass is 16.5. The van der Waals surface area contributed by atoms with Crippen LogP contribution in [0, 0.1) is 31.6 Å². The van der Waals surface area contributed by atoms with Crippen molar-refractivity contribution < 1.29 is 33.8 Å². The van der Waals surface area contributed by atoms with E-state index in [1.165, 1.54) is 11.0 Å². The van der Waals surface area contributed by atoms with E-state index in [0.717, 1.165) is 22.3 Å². The number of phenols is 1. The van der Waals surface area contributed by atoms with E-state index in [-0.39, 0.29) is 35.6 Å². The molecule has 0 bridgehead atoms. The Balaban J connectivity index is 1.22. The standard InChI is InChI=1S/C41H37NO7/c1-21-16-26(17-22(2)38(21)44)35-29-13-14-30-36(31(29)20-32-33(43)18-23(3)39(45)37(32)35)41(47)42(40(30)46)27-10-7-24(8-11-27)6-9-25-19-28(48-4)12-15-34(25)49-5/h6-13,15-19,30-31,35-36,44H,14,20H2,1-5H3/t30-,31+,35-,36-/m0/s1. The fourth-order valence-electron chi connectivity index (χ4n) is 8.04. The highest BCUT2D eigenvalue weighted by Crippen LogP contribution is 2.55. The van der Waals surface area contributed by atoms with Crippen LogP contribution in [0.25, 0.3) is 12.2 Å². The van der Waals surface area contributed by atoms with Gasteiger partial charge < -0.3 is 14.6 Å². The minimum atomic E-state index is -0.668. The van der Waals surface area contributed by atoms with Crippen LogP contribution in [0.2, 0.25) is 0 Å². The zero-order valence-corrected chi connectivity index (χ0v) is 28.1. The second kappa shape index (κ2) is 12.2. The molecule has 3 aromatic carbocycles. The van der Waals surface area contributed by atoms with Gasteiger partial charge in [0.2, 0.25) is 11.8 Å². The number of carbonyl (C=O) groups excluding carboxylic acids is 4. The number of fused-ring (bicyclic) bond motifs is 3. The maximum absolute atomic E-state index is 14.3. The zero-order chi connectivity index (χ0) is 34.7. The maximum atomic E-state index is 14.3. The van der Waals surface area contributed by atoms with Gasteiger partial charge in [-0.3, -0.25) is 24.1 Å². The smallest absolute Gasteiger partial charge is 0.238 e. The van der Waals surface area contributed by atoms with Crippen molar-refractivity contribution >= 4 is 41.2 Å². The molecule has 4 aliphatic rings. The number of hydrogen-bond acceptors (Lipinski definition) is 7. The largest absolute Gasteiger partial charge is 0.507 e. The Morgan fingerprint density at radius 2 is 1.55 bits per heavy atom. The average molecular weight is 656 g/mol. The third-order valence-electron chi connectivity index (χ3n) is 10.5. The molecule has 0 spiro atoms. The van der Waals surface area contributed by atoms with Crippen LogP contribution in [0.4, 0.5) is 5.69 Å². The van der Waals surface area contributed by atoms with E-state index in [1.54, 1.807) is 47.1 Å². The summed E-state index contributed by atoms with van der Waals surface area (Å²) in [6.45, 7) is 5.26. The molecule has 8 heteroatoms. The first kappa shape index (κ1) is 32.1. The highest BCUT2D eigenvalue weighted by molar-refractivity contribution is 6.25.